The summed E-state index contributed by atoms with van der Waals surface area (Å²) in [6, 6.07) is 9.62. The lowest BCUT2D eigenvalue weighted by atomic mass is 9.89. The van der Waals surface area contributed by atoms with Crippen LogP contribution >= 0.6 is 0 Å². The highest BCUT2D eigenvalue weighted by atomic mass is 16.2. The van der Waals surface area contributed by atoms with Gasteiger partial charge >= 0.3 is 0 Å². The molecule has 0 unspecified atom stereocenters. The standard InChI is InChI=1S/C21H29N3O3/c1-16(25)24-13-9-19(10-14-24)22-20(26)15-23-11-7-18(8-12-23)21(27)17-5-3-2-4-6-17/h2-6,18-19H,7-15H2,1H3,(H,22,26). The first-order valence-corrected chi connectivity index (χ1v) is 9.89. The molecule has 0 aromatic heterocycles. The van der Waals surface area contributed by atoms with Crippen molar-refractivity contribution in [3.8, 4) is 0 Å². The number of nitrogens with zero attached hydrogens (tertiary/aromatic N) is 2. The molecule has 2 fully saturated rings. The van der Waals surface area contributed by atoms with Crippen molar-refractivity contribution in [3.63, 3.8) is 0 Å². The number of hydrogen-bond acceptors (Lipinski definition) is 4. The van der Waals surface area contributed by atoms with Crippen LogP contribution in [0.15, 0.2) is 30.3 Å². The van der Waals surface area contributed by atoms with Crippen molar-refractivity contribution in [1.82, 2.24) is 15.1 Å². The zero-order valence-electron chi connectivity index (χ0n) is 16.0. The molecule has 6 nitrogen and oxygen atoms in total. The molecule has 0 spiro atoms. The van der Waals surface area contributed by atoms with Crippen LogP contribution in [0.2, 0.25) is 0 Å². The Morgan fingerprint density at radius 2 is 1.59 bits per heavy atom. The number of benzene rings is 1. The Morgan fingerprint density at radius 1 is 0.963 bits per heavy atom. The van der Waals surface area contributed by atoms with Crippen LogP contribution in [0.25, 0.3) is 0 Å². The molecule has 1 aromatic carbocycles. The van der Waals surface area contributed by atoms with Crippen LogP contribution in [0.1, 0.15) is 43.0 Å². The first-order chi connectivity index (χ1) is 13.0. The van der Waals surface area contributed by atoms with Crippen LogP contribution in [0, 0.1) is 5.92 Å². The van der Waals surface area contributed by atoms with Gasteiger partial charge in [-0.05, 0) is 38.8 Å². The number of carbonyl (C=O) groups is 3. The van der Waals surface area contributed by atoms with Gasteiger partial charge in [0.1, 0.15) is 0 Å². The summed E-state index contributed by atoms with van der Waals surface area (Å²) in [5.41, 5.74) is 0.783. The third kappa shape index (κ3) is 5.39. The highest BCUT2D eigenvalue weighted by Crippen LogP contribution is 2.21. The average molecular weight is 371 g/mol. The van der Waals surface area contributed by atoms with E-state index in [0.717, 1.165) is 44.3 Å². The quantitative estimate of drug-likeness (QED) is 0.800. The van der Waals surface area contributed by atoms with E-state index >= 15 is 0 Å². The van der Waals surface area contributed by atoms with Crippen molar-refractivity contribution in [1.29, 1.82) is 0 Å². The largest absolute Gasteiger partial charge is 0.352 e. The van der Waals surface area contributed by atoms with Gasteiger partial charge in [-0.25, -0.2) is 0 Å². The van der Waals surface area contributed by atoms with E-state index in [2.05, 4.69) is 10.2 Å². The van der Waals surface area contributed by atoms with Crippen molar-refractivity contribution in [3.05, 3.63) is 35.9 Å². The highest BCUT2D eigenvalue weighted by molar-refractivity contribution is 5.97. The molecule has 0 atom stereocenters. The summed E-state index contributed by atoms with van der Waals surface area (Å²) in [5, 5.41) is 3.10. The van der Waals surface area contributed by atoms with Crippen LogP contribution in [-0.4, -0.2) is 66.2 Å². The molecular formula is C21H29N3O3. The maximum absolute atomic E-state index is 12.5. The van der Waals surface area contributed by atoms with Crippen molar-refractivity contribution < 1.29 is 14.4 Å². The van der Waals surface area contributed by atoms with E-state index < -0.39 is 0 Å². The van der Waals surface area contributed by atoms with Gasteiger partial charge < -0.3 is 10.2 Å². The molecule has 0 bridgehead atoms. The number of likely N-dealkylation sites (tertiary alicyclic amines) is 2. The molecule has 0 radical (unpaired) electrons. The predicted molar refractivity (Wildman–Crippen MR) is 103 cm³/mol. The molecule has 1 N–H and O–H groups in total. The smallest absolute Gasteiger partial charge is 0.234 e. The summed E-state index contributed by atoms with van der Waals surface area (Å²) in [5.74, 6) is 0.427. The normalized spacial score (nSPS) is 19.7. The number of hydrogen-bond donors (Lipinski definition) is 1. The fraction of sp³-hybridized carbons (Fsp3) is 0.571. The monoisotopic (exact) mass is 371 g/mol. The molecule has 1 aromatic rings. The molecule has 6 heteroatoms. The third-order valence-electron chi connectivity index (χ3n) is 5.69. The third-order valence-corrected chi connectivity index (χ3v) is 5.69. The minimum atomic E-state index is 0.0455. The van der Waals surface area contributed by atoms with Crippen molar-refractivity contribution in [2.75, 3.05) is 32.7 Å². The zero-order chi connectivity index (χ0) is 19.2. The molecule has 146 valence electrons. The summed E-state index contributed by atoms with van der Waals surface area (Å²) in [7, 11) is 0. The summed E-state index contributed by atoms with van der Waals surface area (Å²) >= 11 is 0. The van der Waals surface area contributed by atoms with Gasteiger partial charge in [-0.1, -0.05) is 30.3 Å². The molecule has 2 aliphatic heterocycles. The fourth-order valence-corrected chi connectivity index (χ4v) is 4.01. The van der Waals surface area contributed by atoms with Gasteiger partial charge in [-0.3, -0.25) is 19.3 Å². The Kier molecular flexibility index (Phi) is 6.61. The molecule has 2 aliphatic rings. The second-order valence-electron chi connectivity index (χ2n) is 7.63. The van der Waals surface area contributed by atoms with E-state index in [1.807, 2.05) is 35.2 Å². The molecule has 0 aliphatic carbocycles. The van der Waals surface area contributed by atoms with Crippen LogP contribution in [0.4, 0.5) is 0 Å². The molecular weight excluding hydrogens is 342 g/mol. The molecule has 2 heterocycles. The summed E-state index contributed by atoms with van der Waals surface area (Å²) < 4.78 is 0. The lowest BCUT2D eigenvalue weighted by Crippen LogP contribution is -2.49. The van der Waals surface area contributed by atoms with E-state index in [0.29, 0.717) is 19.6 Å². The van der Waals surface area contributed by atoms with E-state index in [4.69, 9.17) is 0 Å². The fourth-order valence-electron chi connectivity index (χ4n) is 4.01. The number of amides is 2. The topological polar surface area (TPSA) is 69.7 Å². The first-order valence-electron chi connectivity index (χ1n) is 9.89. The Balaban J connectivity index is 1.38. The second kappa shape index (κ2) is 9.13. The van der Waals surface area contributed by atoms with Gasteiger partial charge in [-0.15, -0.1) is 0 Å². The number of Topliss-reactive ketones (excluding diaryl/α,β-unsaturated/α-hetero) is 1. The zero-order valence-corrected chi connectivity index (χ0v) is 16.0. The number of rotatable bonds is 5. The molecule has 3 rings (SSSR count). The predicted octanol–water partition coefficient (Wildman–Crippen LogP) is 1.71. The number of piperidine rings is 2. The van der Waals surface area contributed by atoms with Gasteiger partial charge in [0.25, 0.3) is 0 Å². The van der Waals surface area contributed by atoms with Gasteiger partial charge in [0, 0.05) is 37.5 Å². The minimum absolute atomic E-state index is 0.0455. The van der Waals surface area contributed by atoms with E-state index in [1.165, 1.54) is 0 Å². The van der Waals surface area contributed by atoms with Crippen LogP contribution in [0.3, 0.4) is 0 Å². The summed E-state index contributed by atoms with van der Waals surface area (Å²) in [4.78, 5) is 40.2. The van der Waals surface area contributed by atoms with E-state index in [9.17, 15) is 14.4 Å². The van der Waals surface area contributed by atoms with Crippen LogP contribution in [-0.2, 0) is 9.59 Å². The van der Waals surface area contributed by atoms with Crippen molar-refractivity contribution in [2.45, 2.75) is 38.6 Å². The SMILES string of the molecule is CC(=O)N1CCC(NC(=O)CN2CCC(C(=O)c3ccccc3)CC2)CC1. The Morgan fingerprint density at radius 3 is 2.19 bits per heavy atom. The lowest BCUT2D eigenvalue weighted by Gasteiger charge is -2.33. The second-order valence-corrected chi connectivity index (χ2v) is 7.63. The highest BCUT2D eigenvalue weighted by Gasteiger charge is 2.27. The number of ketones is 1. The molecule has 2 amide bonds. The average Bonchev–Trinajstić information content (AvgIpc) is 2.69. The van der Waals surface area contributed by atoms with Crippen LogP contribution < -0.4 is 5.32 Å². The number of nitrogens with one attached hydrogen (secondary N) is 1. The first kappa shape index (κ1) is 19.5. The summed E-state index contributed by atoms with van der Waals surface area (Å²) in [6.07, 6.45) is 3.24. The van der Waals surface area contributed by atoms with E-state index in [1.54, 1.807) is 6.92 Å². The Hall–Kier alpha value is -2.21. The van der Waals surface area contributed by atoms with Gasteiger partial charge in [-0.2, -0.15) is 0 Å². The molecule has 27 heavy (non-hydrogen) atoms. The van der Waals surface area contributed by atoms with E-state index in [-0.39, 0.29) is 29.6 Å². The minimum Gasteiger partial charge on any atom is -0.352 e. The Labute approximate surface area is 160 Å². The van der Waals surface area contributed by atoms with Crippen molar-refractivity contribution >= 4 is 17.6 Å². The molecule has 2 saturated heterocycles. The van der Waals surface area contributed by atoms with Crippen LogP contribution in [0.5, 0.6) is 0 Å². The maximum atomic E-state index is 12.5. The maximum Gasteiger partial charge on any atom is 0.234 e. The van der Waals surface area contributed by atoms with Gasteiger partial charge in [0.2, 0.25) is 11.8 Å². The summed E-state index contributed by atoms with van der Waals surface area (Å²) in [6.45, 7) is 4.96. The lowest BCUT2D eigenvalue weighted by molar-refractivity contribution is -0.130. The molecule has 0 saturated carbocycles. The number of carbonyl (C=O) groups excluding carboxylic acids is 3. The Bertz CT molecular complexity index is 661. The van der Waals surface area contributed by atoms with Gasteiger partial charge in [0.05, 0.1) is 6.54 Å². The van der Waals surface area contributed by atoms with Gasteiger partial charge in [0.15, 0.2) is 5.78 Å². The van der Waals surface area contributed by atoms with Crippen molar-refractivity contribution in [2.24, 2.45) is 5.92 Å².